The third-order valence-corrected chi connectivity index (χ3v) is 3.37. The molecule has 0 bridgehead atoms. The van der Waals surface area contributed by atoms with Crippen molar-refractivity contribution in [1.29, 1.82) is 0 Å². The van der Waals surface area contributed by atoms with Crippen LogP contribution in [-0.2, 0) is 10.5 Å². The third-order valence-electron chi connectivity index (χ3n) is 2.17. The molecule has 1 unspecified atom stereocenters. The fraction of sp³-hybridized carbons (Fsp3) is 0.500. The van der Waals surface area contributed by atoms with Crippen LogP contribution in [0.3, 0.4) is 0 Å². The van der Waals surface area contributed by atoms with Crippen molar-refractivity contribution in [1.82, 2.24) is 0 Å². The Kier molecular flexibility index (Phi) is 3.33. The van der Waals surface area contributed by atoms with Gasteiger partial charge in [-0.25, -0.2) is 4.79 Å². The van der Waals surface area contributed by atoms with Crippen LogP contribution in [0, 0.1) is 0 Å². The van der Waals surface area contributed by atoms with E-state index in [2.05, 4.69) is 0 Å². The number of carboxylic acids is 1. The molecule has 1 saturated heterocycles. The quantitative estimate of drug-likeness (QED) is 0.857. The lowest BCUT2D eigenvalue weighted by atomic mass is 10.4. The van der Waals surface area contributed by atoms with Gasteiger partial charge in [-0.2, -0.15) is 0 Å². The second kappa shape index (κ2) is 4.72. The van der Waals surface area contributed by atoms with Crippen molar-refractivity contribution < 1.29 is 19.1 Å². The van der Waals surface area contributed by atoms with Crippen LogP contribution in [0.25, 0.3) is 0 Å². The zero-order valence-corrected chi connectivity index (χ0v) is 8.96. The van der Waals surface area contributed by atoms with Crippen molar-refractivity contribution in [2.24, 2.45) is 0 Å². The van der Waals surface area contributed by atoms with Gasteiger partial charge in [0.25, 0.3) is 0 Å². The molecule has 15 heavy (non-hydrogen) atoms. The van der Waals surface area contributed by atoms with Gasteiger partial charge in [0.05, 0.1) is 5.75 Å². The molecule has 1 atom stereocenters. The van der Waals surface area contributed by atoms with Crippen LogP contribution in [0.15, 0.2) is 16.5 Å². The first kappa shape index (κ1) is 10.6. The van der Waals surface area contributed by atoms with E-state index in [1.54, 1.807) is 17.8 Å². The fourth-order valence-electron chi connectivity index (χ4n) is 1.43. The van der Waals surface area contributed by atoms with E-state index in [-0.39, 0.29) is 11.2 Å². The average Bonchev–Trinajstić information content (AvgIpc) is 2.86. The third kappa shape index (κ3) is 2.76. The number of rotatable bonds is 4. The topological polar surface area (TPSA) is 59.7 Å². The number of ether oxygens (including phenoxy) is 1. The van der Waals surface area contributed by atoms with E-state index in [0.29, 0.717) is 11.5 Å². The van der Waals surface area contributed by atoms with Gasteiger partial charge in [0.1, 0.15) is 11.2 Å². The number of carboxylic acid groups (broad SMARTS) is 1. The fourth-order valence-corrected chi connectivity index (χ4v) is 2.46. The molecule has 0 spiro atoms. The molecule has 4 nitrogen and oxygen atoms in total. The minimum atomic E-state index is -1.02. The molecule has 0 aromatic carbocycles. The molecule has 1 fully saturated rings. The molecular formula is C10H12O4S. The predicted octanol–water partition coefficient (Wildman–Crippen LogP) is 2.35. The highest BCUT2D eigenvalue weighted by Gasteiger charge is 2.17. The molecule has 0 radical (unpaired) electrons. The Morgan fingerprint density at radius 2 is 2.47 bits per heavy atom. The number of aromatic carboxylic acids is 1. The van der Waals surface area contributed by atoms with Gasteiger partial charge in [-0.15, -0.1) is 11.8 Å². The summed E-state index contributed by atoms with van der Waals surface area (Å²) in [6.07, 6.45) is 2.17. The second-order valence-electron chi connectivity index (χ2n) is 3.32. The summed E-state index contributed by atoms with van der Waals surface area (Å²) in [5.74, 6) is 0.326. The van der Waals surface area contributed by atoms with Gasteiger partial charge in [-0.3, -0.25) is 0 Å². The lowest BCUT2D eigenvalue weighted by Gasteiger charge is -2.06. The Bertz CT molecular complexity index is 341. The maximum absolute atomic E-state index is 10.5. The van der Waals surface area contributed by atoms with E-state index < -0.39 is 5.97 Å². The summed E-state index contributed by atoms with van der Waals surface area (Å²) in [7, 11) is 0. The molecule has 1 N–H and O–H groups in total. The smallest absolute Gasteiger partial charge is 0.371 e. The summed E-state index contributed by atoms with van der Waals surface area (Å²) in [5.41, 5.74) is 0.239. The van der Waals surface area contributed by atoms with Gasteiger partial charge in [0.15, 0.2) is 0 Å². The van der Waals surface area contributed by atoms with Crippen LogP contribution < -0.4 is 0 Å². The molecule has 0 aliphatic carbocycles. The second-order valence-corrected chi connectivity index (χ2v) is 4.47. The maximum Gasteiger partial charge on any atom is 0.371 e. The van der Waals surface area contributed by atoms with Crippen molar-refractivity contribution in [3.8, 4) is 0 Å². The summed E-state index contributed by atoms with van der Waals surface area (Å²) < 4.78 is 10.6. The Morgan fingerprint density at radius 3 is 3.07 bits per heavy atom. The highest BCUT2D eigenvalue weighted by molar-refractivity contribution is 7.99. The minimum Gasteiger partial charge on any atom is -0.475 e. The van der Waals surface area contributed by atoms with E-state index in [0.717, 1.165) is 19.4 Å². The zero-order valence-electron chi connectivity index (χ0n) is 8.14. The molecule has 1 aliphatic heterocycles. The highest BCUT2D eigenvalue weighted by atomic mass is 32.2. The number of furan rings is 1. The van der Waals surface area contributed by atoms with E-state index in [4.69, 9.17) is 14.3 Å². The van der Waals surface area contributed by atoms with Crippen molar-refractivity contribution >= 4 is 17.7 Å². The largest absolute Gasteiger partial charge is 0.475 e. The summed E-state index contributed by atoms with van der Waals surface area (Å²) in [6.45, 7) is 0.830. The molecule has 0 amide bonds. The van der Waals surface area contributed by atoms with Crippen molar-refractivity contribution in [2.75, 3.05) is 6.61 Å². The van der Waals surface area contributed by atoms with Crippen molar-refractivity contribution in [3.63, 3.8) is 0 Å². The SMILES string of the molecule is O=C(O)c1ccc(CSC2CCCO2)o1. The van der Waals surface area contributed by atoms with Gasteiger partial charge in [0.2, 0.25) is 5.76 Å². The van der Waals surface area contributed by atoms with Crippen LogP contribution in [0.5, 0.6) is 0 Å². The van der Waals surface area contributed by atoms with E-state index >= 15 is 0 Å². The van der Waals surface area contributed by atoms with Crippen molar-refractivity contribution in [3.05, 3.63) is 23.7 Å². The van der Waals surface area contributed by atoms with Gasteiger partial charge in [0, 0.05) is 6.61 Å². The normalized spacial score (nSPS) is 20.7. The van der Waals surface area contributed by atoms with Crippen LogP contribution in [0.4, 0.5) is 0 Å². The first-order valence-corrected chi connectivity index (χ1v) is 5.86. The van der Waals surface area contributed by atoms with E-state index in [1.165, 1.54) is 6.07 Å². The number of carbonyl (C=O) groups is 1. The molecular weight excluding hydrogens is 216 g/mol. The molecule has 1 aromatic rings. The predicted molar refractivity (Wildman–Crippen MR) is 55.9 cm³/mol. The summed E-state index contributed by atoms with van der Waals surface area (Å²) in [6, 6.07) is 3.18. The molecule has 2 rings (SSSR count). The lowest BCUT2D eigenvalue weighted by molar-refractivity contribution is 0.0661. The molecule has 1 aliphatic rings. The maximum atomic E-state index is 10.5. The first-order chi connectivity index (χ1) is 7.25. The minimum absolute atomic E-state index is 0.00191. The summed E-state index contributed by atoms with van der Waals surface area (Å²) in [4.78, 5) is 10.5. The monoisotopic (exact) mass is 228 g/mol. The van der Waals surface area contributed by atoms with Crippen LogP contribution in [-0.4, -0.2) is 23.1 Å². The van der Waals surface area contributed by atoms with E-state index in [1.807, 2.05) is 0 Å². The Labute approximate surface area is 91.6 Å². The average molecular weight is 228 g/mol. The van der Waals surface area contributed by atoms with Gasteiger partial charge < -0.3 is 14.3 Å². The van der Waals surface area contributed by atoms with Crippen LogP contribution in [0.1, 0.15) is 29.2 Å². The molecule has 0 saturated carbocycles. The van der Waals surface area contributed by atoms with Crippen LogP contribution in [0.2, 0.25) is 0 Å². The Hall–Kier alpha value is -0.940. The molecule has 5 heteroatoms. The number of hydrogen-bond donors (Lipinski definition) is 1. The van der Waals surface area contributed by atoms with E-state index in [9.17, 15) is 4.79 Å². The van der Waals surface area contributed by atoms with Gasteiger partial charge >= 0.3 is 5.97 Å². The molecule has 2 heterocycles. The number of thioether (sulfide) groups is 1. The van der Waals surface area contributed by atoms with Crippen molar-refractivity contribution in [2.45, 2.75) is 24.0 Å². The molecule has 82 valence electrons. The standard InChI is InChI=1S/C10H12O4S/c11-10(12)8-4-3-7(14-8)6-15-9-2-1-5-13-9/h3-4,9H,1-2,5-6H2,(H,11,12). The van der Waals surface area contributed by atoms with Gasteiger partial charge in [-0.1, -0.05) is 0 Å². The Morgan fingerprint density at radius 1 is 1.60 bits per heavy atom. The Balaban J connectivity index is 1.84. The number of hydrogen-bond acceptors (Lipinski definition) is 4. The van der Waals surface area contributed by atoms with Crippen LogP contribution >= 0.6 is 11.8 Å². The first-order valence-electron chi connectivity index (χ1n) is 4.81. The highest BCUT2D eigenvalue weighted by Crippen LogP contribution is 2.27. The zero-order chi connectivity index (χ0) is 10.7. The van der Waals surface area contributed by atoms with Gasteiger partial charge in [-0.05, 0) is 25.0 Å². The molecule has 1 aromatic heterocycles. The lowest BCUT2D eigenvalue weighted by Crippen LogP contribution is -1.98. The summed E-state index contributed by atoms with van der Waals surface area (Å²) in [5, 5.41) is 8.65. The summed E-state index contributed by atoms with van der Waals surface area (Å²) >= 11 is 1.65.